The van der Waals surface area contributed by atoms with Crippen molar-refractivity contribution in [2.24, 2.45) is 0 Å². The first kappa shape index (κ1) is 20.3. The molecule has 0 spiro atoms. The fourth-order valence-electron chi connectivity index (χ4n) is 4.75. The Morgan fingerprint density at radius 2 is 1.56 bits per heavy atom. The van der Waals surface area contributed by atoms with Gasteiger partial charge in [0.15, 0.2) is 0 Å². The number of piperidine rings is 1. The Morgan fingerprint density at radius 3 is 2.34 bits per heavy atom. The van der Waals surface area contributed by atoms with Crippen LogP contribution in [0.15, 0.2) is 78.9 Å². The van der Waals surface area contributed by atoms with Gasteiger partial charge in [-0.15, -0.1) is 0 Å². The number of nitrogens with zero attached hydrogens (tertiary/aromatic N) is 2. The first-order valence-electron chi connectivity index (χ1n) is 11.3. The molecule has 1 saturated heterocycles. The Bertz CT molecular complexity index is 1110. The van der Waals surface area contributed by atoms with Crippen LogP contribution in [0.1, 0.15) is 36.4 Å². The number of carbonyl (C=O) groups is 2. The Morgan fingerprint density at radius 1 is 0.812 bits per heavy atom. The Hall–Kier alpha value is -3.60. The minimum atomic E-state index is -0.617. The van der Waals surface area contributed by atoms with Gasteiger partial charge in [-0.3, -0.25) is 9.59 Å². The van der Waals surface area contributed by atoms with E-state index >= 15 is 0 Å². The van der Waals surface area contributed by atoms with Crippen molar-refractivity contribution in [2.45, 2.75) is 31.7 Å². The number of amides is 2. The van der Waals surface area contributed by atoms with E-state index < -0.39 is 6.04 Å². The van der Waals surface area contributed by atoms with Gasteiger partial charge < -0.3 is 15.1 Å². The molecule has 1 unspecified atom stereocenters. The van der Waals surface area contributed by atoms with Crippen LogP contribution >= 0.6 is 0 Å². The van der Waals surface area contributed by atoms with Crippen molar-refractivity contribution in [3.63, 3.8) is 0 Å². The second-order valence-electron chi connectivity index (χ2n) is 8.42. The van der Waals surface area contributed by atoms with Crippen molar-refractivity contribution < 1.29 is 9.59 Å². The van der Waals surface area contributed by atoms with E-state index in [2.05, 4.69) is 34.5 Å². The van der Waals surface area contributed by atoms with E-state index in [9.17, 15) is 9.59 Å². The number of benzene rings is 3. The van der Waals surface area contributed by atoms with E-state index in [1.165, 1.54) is 11.3 Å². The highest BCUT2D eigenvalue weighted by Gasteiger charge is 2.32. The summed E-state index contributed by atoms with van der Waals surface area (Å²) in [6.07, 6.45) is 3.35. The van der Waals surface area contributed by atoms with Gasteiger partial charge in [0.25, 0.3) is 5.91 Å². The van der Waals surface area contributed by atoms with Crippen LogP contribution in [0, 0.1) is 0 Å². The summed E-state index contributed by atoms with van der Waals surface area (Å²) in [5, 5.41) is 3.04. The summed E-state index contributed by atoms with van der Waals surface area (Å²) in [5.74, 6) is -0.131. The molecule has 3 aromatic carbocycles. The van der Waals surface area contributed by atoms with Gasteiger partial charge in [0, 0.05) is 36.6 Å². The average Bonchev–Trinajstić information content (AvgIpc) is 3.26. The summed E-state index contributed by atoms with van der Waals surface area (Å²) in [7, 11) is 0. The third-order valence-corrected chi connectivity index (χ3v) is 6.37. The third-order valence-electron chi connectivity index (χ3n) is 6.37. The molecular formula is C27H27N3O2. The Labute approximate surface area is 188 Å². The molecule has 1 N–H and O–H groups in total. The van der Waals surface area contributed by atoms with Crippen LogP contribution in [-0.4, -0.2) is 29.8 Å². The van der Waals surface area contributed by atoms with E-state index in [0.29, 0.717) is 13.0 Å². The maximum atomic E-state index is 13.3. The van der Waals surface area contributed by atoms with Gasteiger partial charge >= 0.3 is 0 Å². The van der Waals surface area contributed by atoms with Crippen LogP contribution in [-0.2, 0) is 16.0 Å². The molecule has 5 nitrogen and oxygen atoms in total. The van der Waals surface area contributed by atoms with E-state index in [1.54, 1.807) is 4.90 Å². The minimum Gasteiger partial charge on any atom is -0.341 e. The smallest absolute Gasteiger partial charge is 0.251 e. The molecule has 3 aromatic rings. The van der Waals surface area contributed by atoms with Crippen molar-refractivity contribution in [1.29, 1.82) is 0 Å². The molecule has 5 heteroatoms. The molecule has 5 rings (SSSR count). The normalized spacial score (nSPS) is 16.6. The number of anilines is 3. The quantitative estimate of drug-likeness (QED) is 0.621. The Balaban J connectivity index is 1.35. The molecule has 162 valence electrons. The summed E-state index contributed by atoms with van der Waals surface area (Å²) in [5.41, 5.74) is 5.29. The lowest BCUT2D eigenvalue weighted by atomic mass is 10.0. The summed E-state index contributed by atoms with van der Waals surface area (Å²) >= 11 is 0. The number of hydrogen-bond donors (Lipinski definition) is 1. The van der Waals surface area contributed by atoms with Crippen LogP contribution in [0.3, 0.4) is 0 Å². The number of nitrogens with one attached hydrogen (secondary N) is 1. The second-order valence-corrected chi connectivity index (χ2v) is 8.42. The van der Waals surface area contributed by atoms with Crippen molar-refractivity contribution in [3.05, 3.63) is 90.0 Å². The van der Waals surface area contributed by atoms with Gasteiger partial charge in [-0.25, -0.2) is 0 Å². The van der Waals surface area contributed by atoms with Gasteiger partial charge in [0.1, 0.15) is 6.04 Å². The molecule has 2 aliphatic rings. The van der Waals surface area contributed by atoms with Crippen LogP contribution in [0.4, 0.5) is 17.1 Å². The van der Waals surface area contributed by atoms with Crippen LogP contribution in [0.25, 0.3) is 0 Å². The summed E-state index contributed by atoms with van der Waals surface area (Å²) in [6.45, 7) is 1.57. The van der Waals surface area contributed by atoms with Gasteiger partial charge in [0.05, 0.1) is 0 Å². The topological polar surface area (TPSA) is 52.7 Å². The molecule has 1 fully saturated rings. The first-order valence-corrected chi connectivity index (χ1v) is 11.3. The van der Waals surface area contributed by atoms with Crippen LogP contribution < -0.4 is 10.2 Å². The fraction of sp³-hybridized carbons (Fsp3) is 0.259. The van der Waals surface area contributed by atoms with E-state index in [1.807, 2.05) is 54.6 Å². The molecule has 1 atom stereocenters. The highest BCUT2D eigenvalue weighted by Crippen LogP contribution is 2.35. The lowest BCUT2D eigenvalue weighted by Crippen LogP contribution is -2.43. The summed E-state index contributed by atoms with van der Waals surface area (Å²) < 4.78 is 0. The molecule has 0 bridgehead atoms. The molecule has 0 aromatic heterocycles. The van der Waals surface area contributed by atoms with E-state index in [0.717, 1.165) is 42.7 Å². The number of likely N-dealkylation sites (tertiary alicyclic amines) is 1. The standard InChI is InChI=1S/C27H27N3O2/c31-25-12-6-7-18-30(25)26(21-9-2-1-3-10-21)27(32)28-22-13-15-23(16-14-22)29-19-17-20-8-4-5-11-24(20)29/h1-5,8-11,13-16,26H,6-7,12,17-19H2,(H,28,32). The van der Waals surface area contributed by atoms with Gasteiger partial charge in [-0.1, -0.05) is 48.5 Å². The lowest BCUT2D eigenvalue weighted by molar-refractivity contribution is -0.141. The SMILES string of the molecule is O=C(Nc1ccc(N2CCc3ccccc32)cc1)C(c1ccccc1)N1CCCCC1=O. The number of carbonyl (C=O) groups excluding carboxylic acids is 2. The largest absolute Gasteiger partial charge is 0.341 e. The number of fused-ring (bicyclic) bond motifs is 1. The maximum Gasteiger partial charge on any atom is 0.251 e. The number of para-hydroxylation sites is 1. The van der Waals surface area contributed by atoms with Crippen molar-refractivity contribution in [2.75, 3.05) is 23.3 Å². The van der Waals surface area contributed by atoms with Crippen molar-refractivity contribution >= 4 is 28.9 Å². The van der Waals surface area contributed by atoms with Gasteiger partial charge in [0.2, 0.25) is 5.91 Å². The average molecular weight is 426 g/mol. The van der Waals surface area contributed by atoms with E-state index in [4.69, 9.17) is 0 Å². The number of rotatable bonds is 5. The molecule has 0 radical (unpaired) electrons. The van der Waals surface area contributed by atoms with Crippen LogP contribution in [0.2, 0.25) is 0 Å². The van der Waals surface area contributed by atoms with Crippen molar-refractivity contribution in [3.8, 4) is 0 Å². The third kappa shape index (κ3) is 3.98. The van der Waals surface area contributed by atoms with Gasteiger partial charge in [-0.2, -0.15) is 0 Å². The highest BCUT2D eigenvalue weighted by molar-refractivity contribution is 5.98. The molecule has 0 saturated carbocycles. The maximum absolute atomic E-state index is 13.3. The molecule has 2 heterocycles. The first-order chi connectivity index (χ1) is 15.7. The van der Waals surface area contributed by atoms with Gasteiger partial charge in [-0.05, 0) is 60.7 Å². The predicted molar refractivity (Wildman–Crippen MR) is 127 cm³/mol. The molecule has 2 aliphatic heterocycles. The summed E-state index contributed by atoms with van der Waals surface area (Å²) in [4.78, 5) is 30.0. The summed E-state index contributed by atoms with van der Waals surface area (Å²) in [6, 6.07) is 25.4. The zero-order chi connectivity index (χ0) is 21.9. The Kier molecular flexibility index (Phi) is 5.63. The zero-order valence-corrected chi connectivity index (χ0v) is 18.0. The molecule has 32 heavy (non-hydrogen) atoms. The predicted octanol–water partition coefficient (Wildman–Crippen LogP) is 5.07. The molecule has 0 aliphatic carbocycles. The minimum absolute atomic E-state index is 0.0447. The second kappa shape index (κ2) is 8.87. The van der Waals surface area contributed by atoms with E-state index in [-0.39, 0.29) is 11.8 Å². The highest BCUT2D eigenvalue weighted by atomic mass is 16.2. The number of hydrogen-bond acceptors (Lipinski definition) is 3. The zero-order valence-electron chi connectivity index (χ0n) is 18.0. The molecular weight excluding hydrogens is 398 g/mol. The fourth-order valence-corrected chi connectivity index (χ4v) is 4.75. The molecule has 2 amide bonds. The lowest BCUT2D eigenvalue weighted by Gasteiger charge is -2.34. The monoisotopic (exact) mass is 425 g/mol. The van der Waals surface area contributed by atoms with Crippen molar-refractivity contribution in [1.82, 2.24) is 4.90 Å². The van der Waals surface area contributed by atoms with Crippen LogP contribution in [0.5, 0.6) is 0 Å².